The Bertz CT molecular complexity index is 500. The van der Waals surface area contributed by atoms with Gasteiger partial charge in [0.05, 0.1) is 0 Å². The summed E-state index contributed by atoms with van der Waals surface area (Å²) in [7, 11) is 0. The van der Waals surface area contributed by atoms with Gasteiger partial charge < -0.3 is 5.32 Å². The molecule has 96 valence electrons. The summed E-state index contributed by atoms with van der Waals surface area (Å²) in [5.41, 5.74) is 1.28. The Morgan fingerprint density at radius 1 is 1.44 bits per heavy atom. The number of benzene rings is 1. The molecule has 0 atom stereocenters. The molecule has 2 aromatic rings. The van der Waals surface area contributed by atoms with Crippen molar-refractivity contribution >= 4 is 39.2 Å². The summed E-state index contributed by atoms with van der Waals surface area (Å²) in [5.74, 6) is 0. The first-order valence-corrected chi connectivity index (χ1v) is 8.00. The quantitative estimate of drug-likeness (QED) is 0.891. The second-order valence-corrected chi connectivity index (χ2v) is 7.08. The Balaban J connectivity index is 2.17. The van der Waals surface area contributed by atoms with Gasteiger partial charge in [0.25, 0.3) is 0 Å². The van der Waals surface area contributed by atoms with Crippen LogP contribution in [-0.4, -0.2) is 15.4 Å². The zero-order valence-electron chi connectivity index (χ0n) is 10.2. The van der Waals surface area contributed by atoms with Crippen molar-refractivity contribution in [1.29, 1.82) is 0 Å². The largest absolute Gasteiger partial charge is 0.310 e. The third-order valence-corrected chi connectivity index (χ3v) is 4.58. The van der Waals surface area contributed by atoms with Crippen molar-refractivity contribution in [3.05, 3.63) is 34.6 Å². The van der Waals surface area contributed by atoms with Crippen LogP contribution in [0.15, 0.2) is 38.2 Å². The minimum Gasteiger partial charge on any atom is -0.310 e. The Kier molecular flexibility index (Phi) is 5.17. The van der Waals surface area contributed by atoms with E-state index in [0.29, 0.717) is 6.04 Å². The number of hydrogen-bond acceptors (Lipinski definition) is 5. The summed E-state index contributed by atoms with van der Waals surface area (Å²) < 4.78 is 6.08. The number of rotatable bonds is 5. The topological polar surface area (TPSA) is 37.8 Å². The number of halogens is 1. The van der Waals surface area contributed by atoms with Gasteiger partial charge in [-0.25, -0.2) is 4.98 Å². The van der Waals surface area contributed by atoms with Crippen LogP contribution in [0.1, 0.15) is 19.4 Å². The van der Waals surface area contributed by atoms with E-state index < -0.39 is 0 Å². The van der Waals surface area contributed by atoms with Crippen LogP contribution in [0.3, 0.4) is 0 Å². The normalized spacial score (nSPS) is 11.1. The van der Waals surface area contributed by atoms with E-state index in [4.69, 9.17) is 0 Å². The molecule has 0 spiro atoms. The van der Waals surface area contributed by atoms with Gasteiger partial charge in [0, 0.05) is 22.0 Å². The molecule has 1 aromatic carbocycles. The molecule has 3 nitrogen and oxygen atoms in total. The summed E-state index contributed by atoms with van der Waals surface area (Å²) in [6, 6.07) is 6.82. The van der Waals surface area contributed by atoms with Crippen molar-refractivity contribution in [2.75, 3.05) is 0 Å². The molecule has 6 heteroatoms. The van der Waals surface area contributed by atoms with E-state index in [2.05, 4.69) is 62.7 Å². The lowest BCUT2D eigenvalue weighted by molar-refractivity contribution is 0.584. The van der Waals surface area contributed by atoms with Crippen molar-refractivity contribution in [2.24, 2.45) is 0 Å². The summed E-state index contributed by atoms with van der Waals surface area (Å²) in [5, 5.41) is 3.44. The number of nitrogens with one attached hydrogen (secondary N) is 1. The molecule has 1 aromatic heterocycles. The van der Waals surface area contributed by atoms with Crippen LogP contribution in [0.2, 0.25) is 0 Å². The van der Waals surface area contributed by atoms with Crippen molar-refractivity contribution in [2.45, 2.75) is 35.7 Å². The second kappa shape index (κ2) is 6.65. The minimum atomic E-state index is 0.480. The van der Waals surface area contributed by atoms with Crippen molar-refractivity contribution in [3.8, 4) is 0 Å². The molecule has 0 saturated heterocycles. The van der Waals surface area contributed by atoms with Crippen LogP contribution in [0.4, 0.5) is 0 Å². The Labute approximate surface area is 124 Å². The SMILES string of the molecule is CC(C)NCc1ccc(Br)cc1Sc1ncns1. The monoisotopic (exact) mass is 343 g/mol. The van der Waals surface area contributed by atoms with Crippen LogP contribution < -0.4 is 5.32 Å². The van der Waals surface area contributed by atoms with Crippen molar-refractivity contribution < 1.29 is 0 Å². The number of aromatic nitrogens is 2. The van der Waals surface area contributed by atoms with E-state index in [1.165, 1.54) is 22.0 Å². The van der Waals surface area contributed by atoms with Gasteiger partial charge in [0.1, 0.15) is 6.33 Å². The maximum atomic E-state index is 4.21. The van der Waals surface area contributed by atoms with E-state index in [0.717, 1.165) is 15.4 Å². The molecule has 0 fully saturated rings. The Hall–Kier alpha value is -0.430. The molecule has 0 unspecified atom stereocenters. The third-order valence-electron chi connectivity index (χ3n) is 2.27. The predicted octanol–water partition coefficient (Wildman–Crippen LogP) is 3.95. The Morgan fingerprint density at radius 3 is 2.94 bits per heavy atom. The van der Waals surface area contributed by atoms with Gasteiger partial charge in [0.2, 0.25) is 0 Å². The van der Waals surface area contributed by atoms with Crippen molar-refractivity contribution in [1.82, 2.24) is 14.7 Å². The zero-order chi connectivity index (χ0) is 13.0. The maximum Gasteiger partial charge on any atom is 0.174 e. The molecular formula is C12H14BrN3S2. The highest BCUT2D eigenvalue weighted by Crippen LogP contribution is 2.33. The van der Waals surface area contributed by atoms with Crippen LogP contribution in [0.25, 0.3) is 0 Å². The summed E-state index contributed by atoms with van der Waals surface area (Å²) in [6.45, 7) is 5.17. The molecule has 0 aliphatic rings. The van der Waals surface area contributed by atoms with E-state index >= 15 is 0 Å². The van der Waals surface area contributed by atoms with Crippen LogP contribution in [-0.2, 0) is 6.54 Å². The van der Waals surface area contributed by atoms with Crippen molar-refractivity contribution in [3.63, 3.8) is 0 Å². The molecular weight excluding hydrogens is 330 g/mol. The summed E-state index contributed by atoms with van der Waals surface area (Å²) in [6.07, 6.45) is 1.59. The molecule has 1 heterocycles. The lowest BCUT2D eigenvalue weighted by Crippen LogP contribution is -2.22. The van der Waals surface area contributed by atoms with Crippen LogP contribution >= 0.6 is 39.2 Å². The first kappa shape index (κ1) is 14.0. The highest BCUT2D eigenvalue weighted by atomic mass is 79.9. The average molecular weight is 344 g/mol. The van der Waals surface area contributed by atoms with E-state index in [1.54, 1.807) is 18.1 Å². The van der Waals surface area contributed by atoms with E-state index in [1.807, 2.05) is 0 Å². The molecule has 0 saturated carbocycles. The molecule has 2 rings (SSSR count). The fraction of sp³-hybridized carbons (Fsp3) is 0.333. The van der Waals surface area contributed by atoms with Crippen LogP contribution in [0, 0.1) is 0 Å². The minimum absolute atomic E-state index is 0.480. The maximum absolute atomic E-state index is 4.21. The molecule has 0 aliphatic heterocycles. The van der Waals surface area contributed by atoms with E-state index in [-0.39, 0.29) is 0 Å². The van der Waals surface area contributed by atoms with Gasteiger partial charge in [0.15, 0.2) is 4.34 Å². The second-order valence-electron chi connectivity index (χ2n) is 4.10. The predicted molar refractivity (Wildman–Crippen MR) is 80.1 cm³/mol. The lowest BCUT2D eigenvalue weighted by atomic mass is 10.2. The van der Waals surface area contributed by atoms with Gasteiger partial charge in [-0.2, -0.15) is 4.37 Å². The standard InChI is InChI=1S/C12H14BrN3S2/c1-8(2)14-6-9-3-4-10(13)5-11(9)17-12-15-7-16-18-12/h3-5,7-8,14H,6H2,1-2H3. The van der Waals surface area contributed by atoms with Gasteiger partial charge in [-0.05, 0) is 29.2 Å². The average Bonchev–Trinajstić information content (AvgIpc) is 2.80. The van der Waals surface area contributed by atoms with Gasteiger partial charge in [-0.3, -0.25) is 0 Å². The molecule has 0 bridgehead atoms. The molecule has 0 radical (unpaired) electrons. The lowest BCUT2D eigenvalue weighted by Gasteiger charge is -2.11. The van der Waals surface area contributed by atoms with E-state index in [9.17, 15) is 0 Å². The first-order valence-electron chi connectivity index (χ1n) is 5.61. The zero-order valence-corrected chi connectivity index (χ0v) is 13.4. The molecule has 0 amide bonds. The highest BCUT2D eigenvalue weighted by molar-refractivity contribution is 9.10. The highest BCUT2D eigenvalue weighted by Gasteiger charge is 2.08. The van der Waals surface area contributed by atoms with Crippen LogP contribution in [0.5, 0.6) is 0 Å². The summed E-state index contributed by atoms with van der Waals surface area (Å²) in [4.78, 5) is 5.43. The molecule has 1 N–H and O–H groups in total. The van der Waals surface area contributed by atoms with Gasteiger partial charge in [-0.1, -0.05) is 47.6 Å². The van der Waals surface area contributed by atoms with Gasteiger partial charge in [-0.15, -0.1) is 0 Å². The number of hydrogen-bond donors (Lipinski definition) is 1. The number of nitrogens with zero attached hydrogens (tertiary/aromatic N) is 2. The Morgan fingerprint density at radius 2 is 2.28 bits per heavy atom. The smallest absolute Gasteiger partial charge is 0.174 e. The summed E-state index contributed by atoms with van der Waals surface area (Å²) >= 11 is 6.60. The molecule has 0 aliphatic carbocycles. The molecule has 18 heavy (non-hydrogen) atoms. The fourth-order valence-corrected chi connectivity index (χ4v) is 3.47. The van der Waals surface area contributed by atoms with Gasteiger partial charge >= 0.3 is 0 Å². The first-order chi connectivity index (χ1) is 8.65. The fourth-order valence-electron chi connectivity index (χ4n) is 1.39. The third kappa shape index (κ3) is 4.05.